The van der Waals surface area contributed by atoms with Crippen LogP contribution in [0, 0.1) is 0 Å². The van der Waals surface area contributed by atoms with Crippen LogP contribution in [0.3, 0.4) is 0 Å². The molecule has 0 atom stereocenters. The van der Waals surface area contributed by atoms with Gasteiger partial charge in [0.25, 0.3) is 0 Å². The van der Waals surface area contributed by atoms with Gasteiger partial charge in [-0.2, -0.15) is 5.10 Å². The smallest absolute Gasteiger partial charge is 0.193 e. The molecule has 0 aliphatic heterocycles. The first-order valence-corrected chi connectivity index (χ1v) is 7.10. The molecule has 0 spiro atoms. The Labute approximate surface area is 117 Å². The maximum atomic E-state index is 4.29. The van der Waals surface area contributed by atoms with Gasteiger partial charge in [0.1, 0.15) is 0 Å². The lowest BCUT2D eigenvalue weighted by molar-refractivity contribution is 0.486. The van der Waals surface area contributed by atoms with Crippen molar-refractivity contribution in [2.45, 2.75) is 13.0 Å². The topological polar surface area (TPSA) is 56.3 Å². The Balaban J connectivity index is 1.80. The number of rotatable bonds is 5. The van der Waals surface area contributed by atoms with E-state index in [0.29, 0.717) is 6.54 Å². The van der Waals surface area contributed by atoms with Gasteiger partial charge < -0.3 is 10.2 Å². The van der Waals surface area contributed by atoms with E-state index in [2.05, 4.69) is 50.0 Å². The third kappa shape index (κ3) is 4.10. The van der Waals surface area contributed by atoms with Crippen LogP contribution in [0.4, 0.5) is 0 Å². The number of aromatic amines is 1. The first-order chi connectivity index (χ1) is 9.29. The van der Waals surface area contributed by atoms with Gasteiger partial charge in [0.2, 0.25) is 0 Å². The fourth-order valence-corrected chi connectivity index (χ4v) is 2.48. The summed E-state index contributed by atoms with van der Waals surface area (Å²) >= 11 is 1.80. The highest BCUT2D eigenvalue weighted by molar-refractivity contribution is 7.09. The highest BCUT2D eigenvalue weighted by atomic mass is 32.1. The number of aliphatic imine (C=N–C) groups is 1. The Bertz CT molecular complexity index is 489. The van der Waals surface area contributed by atoms with Crippen LogP contribution in [0.2, 0.25) is 0 Å². The summed E-state index contributed by atoms with van der Waals surface area (Å²) < 4.78 is 0. The molecule has 2 aromatic rings. The number of H-pyrrole nitrogens is 1. The van der Waals surface area contributed by atoms with E-state index in [1.165, 1.54) is 4.88 Å². The summed E-state index contributed by atoms with van der Waals surface area (Å²) in [4.78, 5) is 7.82. The molecular weight excluding hydrogens is 258 g/mol. The number of hydrogen-bond donors (Lipinski definition) is 2. The van der Waals surface area contributed by atoms with Gasteiger partial charge in [0.05, 0.1) is 12.2 Å². The van der Waals surface area contributed by atoms with E-state index in [4.69, 9.17) is 0 Å². The first-order valence-electron chi connectivity index (χ1n) is 6.22. The number of guanidine groups is 1. The summed E-state index contributed by atoms with van der Waals surface area (Å²) in [6.07, 6.45) is 2.79. The average Bonchev–Trinajstić information content (AvgIpc) is 3.10. The molecule has 102 valence electrons. The zero-order chi connectivity index (χ0) is 13.5. The molecular formula is C13H19N5S. The quantitative estimate of drug-likeness (QED) is 0.646. The van der Waals surface area contributed by atoms with Crippen molar-refractivity contribution in [2.75, 3.05) is 20.6 Å². The van der Waals surface area contributed by atoms with E-state index in [1.807, 2.05) is 6.07 Å². The molecule has 0 amide bonds. The Hall–Kier alpha value is -1.82. The molecule has 0 fully saturated rings. The Morgan fingerprint density at radius 2 is 2.42 bits per heavy atom. The van der Waals surface area contributed by atoms with Gasteiger partial charge in [0, 0.05) is 31.7 Å². The Morgan fingerprint density at radius 1 is 1.53 bits per heavy atom. The van der Waals surface area contributed by atoms with Crippen molar-refractivity contribution >= 4 is 17.3 Å². The second-order valence-electron chi connectivity index (χ2n) is 4.23. The second kappa shape index (κ2) is 6.94. The summed E-state index contributed by atoms with van der Waals surface area (Å²) in [5.74, 6) is 0.895. The Kier molecular flexibility index (Phi) is 4.97. The fourth-order valence-electron chi connectivity index (χ4n) is 1.78. The first kappa shape index (κ1) is 13.6. The van der Waals surface area contributed by atoms with Crippen molar-refractivity contribution in [3.63, 3.8) is 0 Å². The van der Waals surface area contributed by atoms with Gasteiger partial charge in [-0.3, -0.25) is 10.1 Å². The molecule has 5 nitrogen and oxygen atoms in total. The summed E-state index contributed by atoms with van der Waals surface area (Å²) in [6, 6.07) is 6.20. The molecule has 0 aliphatic carbocycles. The minimum absolute atomic E-state index is 0.704. The molecule has 0 aliphatic rings. The Morgan fingerprint density at radius 3 is 3.05 bits per heavy atom. The van der Waals surface area contributed by atoms with Crippen LogP contribution in [-0.4, -0.2) is 41.7 Å². The van der Waals surface area contributed by atoms with E-state index in [9.17, 15) is 0 Å². The molecule has 2 heterocycles. The van der Waals surface area contributed by atoms with E-state index >= 15 is 0 Å². The minimum atomic E-state index is 0.704. The van der Waals surface area contributed by atoms with Gasteiger partial charge in [0.15, 0.2) is 5.96 Å². The number of thiophene rings is 1. The molecule has 0 aromatic carbocycles. The summed E-state index contributed by atoms with van der Waals surface area (Å²) in [7, 11) is 3.85. The monoisotopic (exact) mass is 277 g/mol. The lowest BCUT2D eigenvalue weighted by Gasteiger charge is -2.21. The largest absolute Gasteiger partial charge is 0.351 e. The van der Waals surface area contributed by atoms with Crippen molar-refractivity contribution in [1.82, 2.24) is 20.4 Å². The number of nitrogens with one attached hydrogen (secondary N) is 2. The van der Waals surface area contributed by atoms with E-state index in [0.717, 1.165) is 24.6 Å². The van der Waals surface area contributed by atoms with Crippen molar-refractivity contribution in [3.05, 3.63) is 40.3 Å². The molecule has 2 aromatic heterocycles. The highest BCUT2D eigenvalue weighted by Gasteiger charge is 2.06. The number of hydrogen-bond acceptors (Lipinski definition) is 3. The third-order valence-corrected chi connectivity index (χ3v) is 3.78. The van der Waals surface area contributed by atoms with E-state index in [1.54, 1.807) is 24.6 Å². The van der Waals surface area contributed by atoms with Gasteiger partial charge in [-0.25, -0.2) is 0 Å². The van der Waals surface area contributed by atoms with Gasteiger partial charge in [-0.1, -0.05) is 6.07 Å². The zero-order valence-electron chi connectivity index (χ0n) is 11.3. The van der Waals surface area contributed by atoms with Crippen LogP contribution in [0.1, 0.15) is 10.6 Å². The minimum Gasteiger partial charge on any atom is -0.351 e. The number of likely N-dealkylation sites (N-methyl/N-ethyl adjacent to an activating group) is 1. The van der Waals surface area contributed by atoms with Crippen molar-refractivity contribution in [1.29, 1.82) is 0 Å². The lowest BCUT2D eigenvalue weighted by atomic mass is 10.3. The predicted octanol–water partition coefficient (Wildman–Crippen LogP) is 1.72. The predicted molar refractivity (Wildman–Crippen MR) is 79.4 cm³/mol. The molecule has 0 radical (unpaired) electrons. The van der Waals surface area contributed by atoms with Crippen molar-refractivity contribution < 1.29 is 0 Å². The maximum Gasteiger partial charge on any atom is 0.193 e. The van der Waals surface area contributed by atoms with Crippen LogP contribution in [0.25, 0.3) is 0 Å². The highest BCUT2D eigenvalue weighted by Crippen LogP contribution is 2.09. The standard InChI is InChI=1S/C13H19N5S/c1-14-13(15-10-11-5-7-16-17-11)18(2)8-6-12-4-3-9-19-12/h3-5,7,9H,6,8,10H2,1-2H3,(H,14,15)(H,16,17). The van der Waals surface area contributed by atoms with Crippen LogP contribution < -0.4 is 5.32 Å². The van der Waals surface area contributed by atoms with Crippen LogP contribution >= 0.6 is 11.3 Å². The van der Waals surface area contributed by atoms with Crippen LogP contribution in [-0.2, 0) is 13.0 Å². The SMILES string of the molecule is CN=C(NCc1ccn[nH]1)N(C)CCc1cccs1. The maximum absolute atomic E-state index is 4.29. The van der Waals surface area contributed by atoms with Crippen molar-refractivity contribution in [2.24, 2.45) is 4.99 Å². The molecule has 19 heavy (non-hydrogen) atoms. The lowest BCUT2D eigenvalue weighted by Crippen LogP contribution is -2.39. The van der Waals surface area contributed by atoms with E-state index < -0.39 is 0 Å². The van der Waals surface area contributed by atoms with Gasteiger partial charge in [-0.15, -0.1) is 11.3 Å². The normalized spacial score (nSPS) is 11.6. The zero-order valence-corrected chi connectivity index (χ0v) is 12.1. The van der Waals surface area contributed by atoms with Crippen LogP contribution in [0.5, 0.6) is 0 Å². The molecule has 6 heteroatoms. The third-order valence-electron chi connectivity index (χ3n) is 2.84. The molecule has 0 saturated heterocycles. The van der Waals surface area contributed by atoms with E-state index in [-0.39, 0.29) is 0 Å². The molecule has 0 unspecified atom stereocenters. The van der Waals surface area contributed by atoms with Gasteiger partial charge >= 0.3 is 0 Å². The fraction of sp³-hybridized carbons (Fsp3) is 0.385. The summed E-state index contributed by atoms with van der Waals surface area (Å²) in [5.41, 5.74) is 1.05. The average molecular weight is 277 g/mol. The van der Waals surface area contributed by atoms with Gasteiger partial charge in [-0.05, 0) is 23.9 Å². The summed E-state index contributed by atoms with van der Waals surface area (Å²) in [5, 5.41) is 12.3. The van der Waals surface area contributed by atoms with Crippen LogP contribution in [0.15, 0.2) is 34.8 Å². The van der Waals surface area contributed by atoms with Crippen molar-refractivity contribution in [3.8, 4) is 0 Å². The molecule has 2 rings (SSSR count). The second-order valence-corrected chi connectivity index (χ2v) is 5.27. The molecule has 0 bridgehead atoms. The molecule has 0 saturated carbocycles. The molecule has 2 N–H and O–H groups in total. The summed E-state index contributed by atoms with van der Waals surface area (Å²) in [6.45, 7) is 1.65. The number of aromatic nitrogens is 2. The number of nitrogens with zero attached hydrogens (tertiary/aromatic N) is 3.